The Bertz CT molecular complexity index is 1140. The molecule has 1 atom stereocenters. The molecule has 0 amide bonds. The Balaban J connectivity index is 0.00000136. The molecule has 0 N–H and O–H groups in total. The summed E-state index contributed by atoms with van der Waals surface area (Å²) in [5.74, 6) is 0.537. The van der Waals surface area contributed by atoms with Crippen molar-refractivity contribution in [1.29, 1.82) is 0 Å². The molecule has 0 spiro atoms. The van der Waals surface area contributed by atoms with E-state index in [0.717, 1.165) is 0 Å². The molecule has 0 fully saturated rings. The van der Waals surface area contributed by atoms with Gasteiger partial charge in [-0.15, -0.1) is 0 Å². The normalized spacial score (nSPS) is 16.0. The van der Waals surface area contributed by atoms with E-state index in [1.165, 1.54) is 22.3 Å². The third-order valence-electron chi connectivity index (χ3n) is 6.31. The minimum Gasteiger partial charge on any atom is -1.00 e. The zero-order valence-corrected chi connectivity index (χ0v) is 22.0. The molecule has 0 saturated carbocycles. The van der Waals surface area contributed by atoms with Crippen LogP contribution in [0.4, 0.5) is 0 Å². The maximum Gasteiger partial charge on any atom is -1.00 e. The number of rotatable bonds is 3. The Labute approximate surface area is 206 Å². The molecule has 3 aromatic carbocycles. The first-order valence-corrected chi connectivity index (χ1v) is 14.4. The molecule has 156 valence electrons. The number of hydrogen-bond donors (Lipinski definition) is 0. The van der Waals surface area contributed by atoms with E-state index in [9.17, 15) is 0 Å². The first kappa shape index (κ1) is 24.1. The van der Waals surface area contributed by atoms with Crippen molar-refractivity contribution in [3.8, 4) is 11.1 Å². The van der Waals surface area contributed by atoms with Crippen molar-refractivity contribution in [2.24, 2.45) is 5.92 Å². The van der Waals surface area contributed by atoms with Crippen molar-refractivity contribution in [3.05, 3.63) is 111 Å². The zero-order chi connectivity index (χ0) is 20.0. The Morgan fingerprint density at radius 1 is 0.710 bits per heavy atom. The van der Waals surface area contributed by atoms with E-state index in [2.05, 4.69) is 112 Å². The van der Waals surface area contributed by atoms with Crippen LogP contribution in [0.5, 0.6) is 0 Å². The number of fused-ring (bicyclic) bond motifs is 3. The topological polar surface area (TPSA) is 0 Å². The summed E-state index contributed by atoms with van der Waals surface area (Å²) in [5, 5.41) is 0. The molecule has 0 saturated heterocycles. The molecule has 0 bridgehead atoms. The van der Waals surface area contributed by atoms with Crippen LogP contribution in [0.1, 0.15) is 41.1 Å². The van der Waals surface area contributed by atoms with Crippen LogP contribution in [0, 0.1) is 5.92 Å². The molecule has 0 aliphatic heterocycles. The van der Waals surface area contributed by atoms with Gasteiger partial charge in [0.05, 0.1) is 0 Å². The van der Waals surface area contributed by atoms with Crippen LogP contribution < -0.4 is 24.8 Å². The Morgan fingerprint density at radius 2 is 1.23 bits per heavy atom. The average Bonchev–Trinajstić information content (AvgIpc) is 3.28. The fourth-order valence-corrected chi connectivity index (χ4v) is 13.6. The summed E-state index contributed by atoms with van der Waals surface area (Å²) < 4.78 is 4.01. The molecule has 31 heavy (non-hydrogen) atoms. The fraction of sp³-hybridized carbons (Fsp3) is 0.179. The van der Waals surface area contributed by atoms with Crippen LogP contribution in [-0.4, -0.2) is 3.21 Å². The van der Waals surface area contributed by atoms with Crippen LogP contribution in [-0.2, 0) is 21.3 Å². The van der Waals surface area contributed by atoms with Gasteiger partial charge in [-0.05, 0) is 0 Å². The zero-order valence-electron chi connectivity index (χ0n) is 18.1. The summed E-state index contributed by atoms with van der Waals surface area (Å²) in [7, 11) is 0. The van der Waals surface area contributed by atoms with Crippen LogP contribution in [0.3, 0.4) is 0 Å². The monoisotopic (exact) mass is 522 g/mol. The minimum absolute atomic E-state index is 0. The van der Waals surface area contributed by atoms with Crippen molar-refractivity contribution in [2.75, 3.05) is 0 Å². The van der Waals surface area contributed by atoms with Gasteiger partial charge in [0, 0.05) is 0 Å². The summed E-state index contributed by atoms with van der Waals surface area (Å²) in [6.07, 6.45) is 5.03. The summed E-state index contributed by atoms with van der Waals surface area (Å²) in [5.41, 5.74) is 8.78. The van der Waals surface area contributed by atoms with Crippen molar-refractivity contribution < 1.29 is 46.1 Å². The molecule has 0 radical (unpaired) electrons. The third-order valence-corrected chi connectivity index (χ3v) is 14.9. The molecule has 3 heteroatoms. The second kappa shape index (κ2) is 9.95. The van der Waals surface area contributed by atoms with Crippen molar-refractivity contribution in [2.45, 2.75) is 24.4 Å². The van der Waals surface area contributed by atoms with Gasteiger partial charge in [-0.25, -0.2) is 0 Å². The Morgan fingerprint density at radius 3 is 1.77 bits per heavy atom. The van der Waals surface area contributed by atoms with Gasteiger partial charge in [-0.2, -0.15) is 0 Å². The first-order valence-electron chi connectivity index (χ1n) is 10.5. The SMILES string of the molecule is C[C](C)=[Zr+2]([C]1=CC(c2ccccc2)=CC1C)[CH]1c2ccccc2-c2ccccc21.[Cl-].[Cl-]. The predicted octanol–water partition coefficient (Wildman–Crippen LogP) is 1.21. The Kier molecular flexibility index (Phi) is 7.74. The van der Waals surface area contributed by atoms with Gasteiger partial charge in [-0.1, -0.05) is 0 Å². The largest absolute Gasteiger partial charge is 1.00 e. The van der Waals surface area contributed by atoms with Gasteiger partial charge in [0.15, 0.2) is 0 Å². The summed E-state index contributed by atoms with van der Waals surface area (Å²) >= 11 is -2.12. The number of hydrogen-bond acceptors (Lipinski definition) is 0. The summed E-state index contributed by atoms with van der Waals surface area (Å²) in [4.78, 5) is 0. The molecule has 2 aliphatic carbocycles. The second-order valence-corrected chi connectivity index (χ2v) is 15.7. The molecule has 2 aliphatic rings. The van der Waals surface area contributed by atoms with E-state index in [0.29, 0.717) is 9.54 Å². The van der Waals surface area contributed by atoms with E-state index in [-0.39, 0.29) is 24.8 Å². The smallest absolute Gasteiger partial charge is 1.00 e. The van der Waals surface area contributed by atoms with Gasteiger partial charge in [0.1, 0.15) is 0 Å². The predicted molar refractivity (Wildman–Crippen MR) is 122 cm³/mol. The molecule has 3 aromatic rings. The summed E-state index contributed by atoms with van der Waals surface area (Å²) in [6.45, 7) is 7.19. The maximum atomic E-state index is 2.55. The van der Waals surface area contributed by atoms with Gasteiger partial charge in [0.2, 0.25) is 0 Å². The van der Waals surface area contributed by atoms with Crippen LogP contribution in [0.25, 0.3) is 16.7 Å². The number of benzene rings is 3. The van der Waals surface area contributed by atoms with Crippen LogP contribution in [0.2, 0.25) is 0 Å². The van der Waals surface area contributed by atoms with E-state index in [1.807, 2.05) is 0 Å². The summed E-state index contributed by atoms with van der Waals surface area (Å²) in [6, 6.07) is 29.1. The fourth-order valence-electron chi connectivity index (χ4n) is 5.05. The molecule has 0 nitrogen and oxygen atoms in total. The quantitative estimate of drug-likeness (QED) is 0.484. The van der Waals surface area contributed by atoms with Gasteiger partial charge in [0.25, 0.3) is 0 Å². The first-order chi connectivity index (χ1) is 14.1. The van der Waals surface area contributed by atoms with Crippen LogP contribution in [0.15, 0.2) is 94.3 Å². The van der Waals surface area contributed by atoms with Gasteiger partial charge < -0.3 is 24.8 Å². The molecular weight excluding hydrogens is 498 g/mol. The van der Waals surface area contributed by atoms with Gasteiger partial charge in [-0.3, -0.25) is 0 Å². The van der Waals surface area contributed by atoms with Crippen molar-refractivity contribution >= 4 is 8.78 Å². The molecular formula is C28H26Cl2Zr. The number of halogens is 2. The Hall–Kier alpha value is -1.53. The third kappa shape index (κ3) is 4.26. The van der Waals surface area contributed by atoms with Crippen LogP contribution >= 0.6 is 0 Å². The number of allylic oxidation sites excluding steroid dienone is 4. The molecule has 5 rings (SSSR count). The molecule has 0 heterocycles. The molecule has 1 unspecified atom stereocenters. The van der Waals surface area contributed by atoms with Gasteiger partial charge >= 0.3 is 182 Å². The van der Waals surface area contributed by atoms with E-state index < -0.39 is 21.3 Å². The van der Waals surface area contributed by atoms with Crippen molar-refractivity contribution in [3.63, 3.8) is 0 Å². The minimum atomic E-state index is -2.12. The van der Waals surface area contributed by atoms with E-state index in [4.69, 9.17) is 0 Å². The maximum absolute atomic E-state index is 2.55. The van der Waals surface area contributed by atoms with E-state index in [1.54, 1.807) is 17.6 Å². The standard InChI is InChI=1S/C13H9.C12H11.C3H6.2ClH.Zr/c1-3-7-12-10(5-1)9-11-6-2-4-8-13(11)12;1-10-7-8-12(9-10)11-5-3-2-4-6-11;1-3-2;;;/h1-9H;2-6,8-10H,1H3;1-2H3;2*1H;/q;;;;;+2/p-2. The second-order valence-electron chi connectivity index (χ2n) is 8.40. The van der Waals surface area contributed by atoms with Crippen molar-refractivity contribution in [1.82, 2.24) is 0 Å². The molecule has 0 aromatic heterocycles. The average molecular weight is 525 g/mol. The van der Waals surface area contributed by atoms with E-state index >= 15 is 0 Å².